The van der Waals surface area contributed by atoms with Crippen molar-refractivity contribution in [2.24, 2.45) is 0 Å². The second-order valence-corrected chi connectivity index (χ2v) is 9.67. The molecule has 2 aromatic carbocycles. The van der Waals surface area contributed by atoms with E-state index in [-0.39, 0.29) is 21.7 Å². The lowest BCUT2D eigenvalue weighted by Crippen LogP contribution is -2.39. The number of rotatable bonds is 9. The molecule has 1 aliphatic rings. The second-order valence-electron chi connectivity index (χ2n) is 7.81. The van der Waals surface area contributed by atoms with Crippen molar-refractivity contribution >= 4 is 15.7 Å². The number of ether oxygens (including phenoxy) is 2. The van der Waals surface area contributed by atoms with Crippen molar-refractivity contribution < 1.29 is 22.3 Å². The van der Waals surface area contributed by atoms with Crippen LogP contribution in [0.1, 0.15) is 12.5 Å². The molecule has 2 heterocycles. The maximum atomic E-state index is 13.4. The van der Waals surface area contributed by atoms with Gasteiger partial charge in [-0.15, -0.1) is 0 Å². The van der Waals surface area contributed by atoms with E-state index < -0.39 is 9.84 Å². The molecular formula is C24H29N3O5S. The van der Waals surface area contributed by atoms with E-state index in [2.05, 4.69) is 15.2 Å². The van der Waals surface area contributed by atoms with Crippen molar-refractivity contribution in [1.29, 1.82) is 0 Å². The first-order chi connectivity index (χ1) is 16.0. The number of anilines is 1. The lowest BCUT2D eigenvalue weighted by molar-refractivity contribution is 0.0398. The molecule has 0 spiro atoms. The number of hydrogen-bond acceptors (Lipinski definition) is 8. The molecule has 1 aromatic heterocycles. The molecule has 33 heavy (non-hydrogen) atoms. The molecule has 0 saturated carbocycles. The quantitative estimate of drug-likeness (QED) is 0.506. The van der Waals surface area contributed by atoms with Gasteiger partial charge in [-0.05, 0) is 50.2 Å². The van der Waals surface area contributed by atoms with Gasteiger partial charge in [0.15, 0.2) is 0 Å². The highest BCUT2D eigenvalue weighted by atomic mass is 32.2. The molecular weight excluding hydrogens is 442 g/mol. The van der Waals surface area contributed by atoms with Crippen molar-refractivity contribution in [3.8, 4) is 17.2 Å². The topological polar surface area (TPSA) is 93.9 Å². The van der Waals surface area contributed by atoms with Crippen molar-refractivity contribution in [2.45, 2.75) is 23.8 Å². The van der Waals surface area contributed by atoms with E-state index in [1.807, 2.05) is 26.0 Å². The predicted octanol–water partition coefficient (Wildman–Crippen LogP) is 3.63. The molecule has 1 N–H and O–H groups in total. The van der Waals surface area contributed by atoms with Gasteiger partial charge in [0, 0.05) is 31.7 Å². The van der Waals surface area contributed by atoms with Crippen molar-refractivity contribution in [2.75, 3.05) is 51.3 Å². The first-order valence-electron chi connectivity index (χ1n) is 11.1. The third-order valence-corrected chi connectivity index (χ3v) is 7.09. The molecule has 8 nitrogen and oxygen atoms in total. The van der Waals surface area contributed by atoms with Crippen molar-refractivity contribution in [3.05, 3.63) is 54.1 Å². The summed E-state index contributed by atoms with van der Waals surface area (Å²) in [5, 5.41) is 3.04. The molecule has 176 valence electrons. The van der Waals surface area contributed by atoms with Gasteiger partial charge in [-0.2, -0.15) is 4.98 Å². The van der Waals surface area contributed by atoms with Crippen LogP contribution in [0.2, 0.25) is 0 Å². The normalized spacial score (nSPS) is 14.8. The minimum atomic E-state index is -3.87. The lowest BCUT2D eigenvalue weighted by atomic mass is 10.2. The van der Waals surface area contributed by atoms with Crippen LogP contribution in [0.25, 0.3) is 11.5 Å². The Morgan fingerprint density at radius 1 is 1.06 bits per heavy atom. The molecule has 0 aliphatic carbocycles. The van der Waals surface area contributed by atoms with E-state index in [1.54, 1.807) is 36.4 Å². The van der Waals surface area contributed by atoms with Gasteiger partial charge in [-0.25, -0.2) is 8.42 Å². The highest BCUT2D eigenvalue weighted by Crippen LogP contribution is 2.33. The summed E-state index contributed by atoms with van der Waals surface area (Å²) >= 11 is 0. The van der Waals surface area contributed by atoms with Crippen LogP contribution < -0.4 is 10.1 Å². The van der Waals surface area contributed by atoms with Gasteiger partial charge in [0.2, 0.25) is 26.6 Å². The fraction of sp³-hybridized carbons (Fsp3) is 0.375. The molecule has 0 amide bonds. The van der Waals surface area contributed by atoms with Gasteiger partial charge in [0.25, 0.3) is 0 Å². The summed E-state index contributed by atoms with van der Waals surface area (Å²) in [6.45, 7) is 8.77. The fourth-order valence-corrected chi connectivity index (χ4v) is 4.84. The van der Waals surface area contributed by atoms with Gasteiger partial charge < -0.3 is 19.2 Å². The van der Waals surface area contributed by atoms with Crippen molar-refractivity contribution in [1.82, 2.24) is 9.88 Å². The largest absolute Gasteiger partial charge is 0.494 e. The first kappa shape index (κ1) is 23.3. The summed E-state index contributed by atoms with van der Waals surface area (Å²) in [4.78, 5) is 6.84. The first-order valence-corrected chi connectivity index (χ1v) is 12.6. The molecule has 1 aliphatic heterocycles. The van der Waals surface area contributed by atoms with Crippen LogP contribution >= 0.6 is 0 Å². The molecule has 1 fully saturated rings. The molecule has 4 rings (SSSR count). The zero-order valence-corrected chi connectivity index (χ0v) is 19.7. The van der Waals surface area contributed by atoms with Crippen LogP contribution in [-0.2, 0) is 14.6 Å². The minimum absolute atomic E-state index is 0.114. The van der Waals surface area contributed by atoms with Gasteiger partial charge in [0.05, 0.1) is 24.7 Å². The highest BCUT2D eigenvalue weighted by Gasteiger charge is 2.28. The number of oxazole rings is 1. The summed E-state index contributed by atoms with van der Waals surface area (Å²) < 4.78 is 43.6. The Balaban J connectivity index is 1.62. The number of morpholine rings is 1. The van der Waals surface area contributed by atoms with E-state index in [1.165, 1.54) is 0 Å². The van der Waals surface area contributed by atoms with E-state index in [4.69, 9.17) is 13.9 Å². The summed E-state index contributed by atoms with van der Waals surface area (Å²) in [6.07, 6.45) is 0. The molecule has 0 unspecified atom stereocenters. The van der Waals surface area contributed by atoms with Crippen molar-refractivity contribution in [3.63, 3.8) is 0 Å². The molecule has 9 heteroatoms. The summed E-state index contributed by atoms with van der Waals surface area (Å²) in [7, 11) is -3.87. The van der Waals surface area contributed by atoms with E-state index >= 15 is 0 Å². The number of aryl methyl sites for hydroxylation is 1. The second kappa shape index (κ2) is 10.4. The number of nitrogens with zero attached hydrogens (tertiary/aromatic N) is 2. The third kappa shape index (κ3) is 5.55. The van der Waals surface area contributed by atoms with Crippen LogP contribution in [-0.4, -0.2) is 64.3 Å². The number of aromatic nitrogens is 1. The number of benzene rings is 2. The van der Waals surface area contributed by atoms with E-state index in [0.717, 1.165) is 30.9 Å². The Hall–Kier alpha value is -2.88. The maximum absolute atomic E-state index is 13.4. The van der Waals surface area contributed by atoms with Crippen LogP contribution in [0.15, 0.2) is 62.9 Å². The summed E-state index contributed by atoms with van der Waals surface area (Å²) in [5.74, 6) is 1.11. The Morgan fingerprint density at radius 2 is 1.76 bits per heavy atom. The zero-order chi connectivity index (χ0) is 23.3. The van der Waals surface area contributed by atoms with Crippen LogP contribution in [0.4, 0.5) is 5.88 Å². The monoisotopic (exact) mass is 471 g/mol. The zero-order valence-electron chi connectivity index (χ0n) is 18.9. The Labute approximate surface area is 194 Å². The number of hydrogen-bond donors (Lipinski definition) is 1. The SMILES string of the molecule is CCOc1ccc(-c2nc(S(=O)(=O)c3ccc(C)cc3)c(NCCN3CCOCC3)o2)cc1. The third-order valence-electron chi connectivity index (χ3n) is 5.41. The summed E-state index contributed by atoms with van der Waals surface area (Å²) in [6, 6.07) is 13.9. The highest BCUT2D eigenvalue weighted by molar-refractivity contribution is 7.91. The summed E-state index contributed by atoms with van der Waals surface area (Å²) in [5.41, 5.74) is 1.65. The molecule has 0 bridgehead atoms. The minimum Gasteiger partial charge on any atom is -0.494 e. The Kier molecular flexibility index (Phi) is 7.32. The van der Waals surface area contributed by atoms with Gasteiger partial charge in [0.1, 0.15) is 5.75 Å². The number of sulfone groups is 1. The number of nitrogens with one attached hydrogen (secondary N) is 1. The lowest BCUT2D eigenvalue weighted by Gasteiger charge is -2.26. The standard InChI is InChI=1S/C24H29N3O5S/c1-3-31-20-8-6-19(7-9-20)22-26-24(33(28,29)21-10-4-18(2)5-11-21)23(32-22)25-12-13-27-14-16-30-17-15-27/h4-11,25H,3,12-17H2,1-2H3. The molecule has 3 aromatic rings. The van der Waals surface area contributed by atoms with Gasteiger partial charge in [-0.3, -0.25) is 4.90 Å². The average Bonchev–Trinajstić information content (AvgIpc) is 3.26. The predicted molar refractivity (Wildman–Crippen MR) is 125 cm³/mol. The smallest absolute Gasteiger partial charge is 0.233 e. The van der Waals surface area contributed by atoms with Crippen LogP contribution in [0.3, 0.4) is 0 Å². The van der Waals surface area contributed by atoms with Crippen LogP contribution in [0, 0.1) is 6.92 Å². The van der Waals surface area contributed by atoms with Gasteiger partial charge >= 0.3 is 0 Å². The maximum Gasteiger partial charge on any atom is 0.233 e. The molecule has 0 radical (unpaired) electrons. The molecule has 1 saturated heterocycles. The van der Waals surface area contributed by atoms with Gasteiger partial charge in [-0.1, -0.05) is 17.7 Å². The Bertz CT molecular complexity index is 1150. The average molecular weight is 472 g/mol. The Morgan fingerprint density at radius 3 is 2.42 bits per heavy atom. The molecule has 0 atom stereocenters. The van der Waals surface area contributed by atoms with E-state index in [0.29, 0.717) is 31.9 Å². The van der Waals surface area contributed by atoms with Crippen LogP contribution in [0.5, 0.6) is 5.75 Å². The van der Waals surface area contributed by atoms with E-state index in [9.17, 15) is 8.42 Å². The fourth-order valence-electron chi connectivity index (χ4n) is 3.57.